The van der Waals surface area contributed by atoms with Gasteiger partial charge < -0.3 is 0 Å². The number of allylic oxidation sites excluding steroid dienone is 8. The van der Waals surface area contributed by atoms with Gasteiger partial charge in [-0.15, -0.1) is 39.6 Å². The molecule has 1 atom stereocenters. The van der Waals surface area contributed by atoms with Crippen LogP contribution in [0, 0.1) is 73.5 Å². The van der Waals surface area contributed by atoms with Crippen molar-refractivity contribution in [3.05, 3.63) is 102 Å². The van der Waals surface area contributed by atoms with Gasteiger partial charge in [-0.25, -0.2) is 0 Å². The van der Waals surface area contributed by atoms with Crippen molar-refractivity contribution >= 4 is 21.5 Å². The van der Waals surface area contributed by atoms with Crippen LogP contribution in [0.5, 0.6) is 0 Å². The van der Waals surface area contributed by atoms with Crippen LogP contribution in [0.4, 0.5) is 0 Å². The first kappa shape index (κ1) is 30.8. The van der Waals surface area contributed by atoms with Gasteiger partial charge in [-0.3, -0.25) is 0 Å². The molecule has 5 rings (SSSR count). The van der Waals surface area contributed by atoms with E-state index in [0.29, 0.717) is 5.92 Å². The van der Waals surface area contributed by atoms with Gasteiger partial charge in [0.25, 0.3) is 0 Å². The molecule has 1 heteroatoms. The summed E-state index contributed by atoms with van der Waals surface area (Å²) in [6.45, 7) is 31.3. The second-order valence-corrected chi connectivity index (χ2v) is 11.7. The Morgan fingerprint density at radius 2 is 0.895 bits per heavy atom. The average Bonchev–Trinajstić information content (AvgIpc) is 3.19. The van der Waals surface area contributed by atoms with E-state index in [1.165, 1.54) is 105 Å². The number of fused-ring (bicyclic) bond motifs is 3. The van der Waals surface area contributed by atoms with Crippen LogP contribution in [-0.4, -0.2) is 0 Å². The van der Waals surface area contributed by atoms with Crippen LogP contribution >= 0.6 is 0 Å². The molecular weight excluding hydrogens is 533 g/mol. The number of hydrogen-bond donors (Lipinski definition) is 0. The van der Waals surface area contributed by atoms with E-state index >= 15 is 0 Å². The Balaban J connectivity index is 0.000000220. The topological polar surface area (TPSA) is 0 Å². The normalized spacial score (nSPS) is 17.1. The first-order valence-electron chi connectivity index (χ1n) is 13.7. The molecule has 0 saturated carbocycles. The summed E-state index contributed by atoms with van der Waals surface area (Å²) in [5, 5.41) is 5.30. The number of rotatable bonds is 0. The molecule has 0 radical (unpaired) electrons. The molecule has 0 nitrogen and oxygen atoms in total. The summed E-state index contributed by atoms with van der Waals surface area (Å²) >= 11 is 0. The van der Waals surface area contributed by atoms with Crippen LogP contribution in [0.2, 0.25) is 0 Å². The number of hydrogen-bond acceptors (Lipinski definition) is 0. The fraction of sp³-hybridized carbons (Fsp3) is 0.405. The summed E-state index contributed by atoms with van der Waals surface area (Å²) in [6.07, 6.45) is 3.54. The maximum atomic E-state index is 3.76. The van der Waals surface area contributed by atoms with Crippen molar-refractivity contribution in [2.24, 2.45) is 5.92 Å². The zero-order valence-electron chi connectivity index (χ0n) is 26.2. The van der Waals surface area contributed by atoms with Crippen molar-refractivity contribution < 1.29 is 32.7 Å². The van der Waals surface area contributed by atoms with E-state index in [0.717, 1.165) is 0 Å². The third-order valence-corrected chi connectivity index (χ3v) is 10.2. The Labute approximate surface area is 257 Å². The van der Waals surface area contributed by atoms with Crippen molar-refractivity contribution in [1.29, 1.82) is 0 Å². The third kappa shape index (κ3) is 4.65. The molecule has 3 aromatic rings. The smallest absolute Gasteiger partial charge is 0.177 e. The van der Waals surface area contributed by atoms with Gasteiger partial charge in [0.05, 0.1) is 0 Å². The molecule has 0 amide bonds. The molecule has 0 N–H and O–H groups in total. The second kappa shape index (κ2) is 11.0. The largest absolute Gasteiger partial charge is 3.00 e. The molecule has 3 aromatic carbocycles. The molecule has 0 saturated heterocycles. The van der Waals surface area contributed by atoms with Crippen molar-refractivity contribution in [3.8, 4) is 0 Å². The molecule has 0 aliphatic heterocycles. The summed E-state index contributed by atoms with van der Waals surface area (Å²) in [4.78, 5) is 0. The summed E-state index contributed by atoms with van der Waals surface area (Å²) in [5.74, 6) is 0.522. The van der Waals surface area contributed by atoms with E-state index in [4.69, 9.17) is 0 Å². The Hall–Kier alpha value is -1.76. The van der Waals surface area contributed by atoms with E-state index in [1.807, 2.05) is 0 Å². The summed E-state index contributed by atoms with van der Waals surface area (Å²) in [6, 6.07) is 6.16. The average molecular weight is 578 g/mol. The minimum absolute atomic E-state index is 0. The predicted molar refractivity (Wildman–Crippen MR) is 164 cm³/mol. The zero-order chi connectivity index (χ0) is 27.7. The van der Waals surface area contributed by atoms with Gasteiger partial charge in [0, 0.05) is 0 Å². The van der Waals surface area contributed by atoms with E-state index < -0.39 is 0 Å². The first-order valence-corrected chi connectivity index (χ1v) is 13.7. The number of aryl methyl sites for hydroxylation is 4. The molecule has 0 spiro atoms. The third-order valence-electron chi connectivity index (χ3n) is 10.2. The molecule has 38 heavy (non-hydrogen) atoms. The monoisotopic (exact) mass is 577 g/mol. The first-order chi connectivity index (χ1) is 17.2. The molecule has 2 aliphatic rings. The van der Waals surface area contributed by atoms with Crippen molar-refractivity contribution in [3.63, 3.8) is 0 Å². The molecule has 1 unspecified atom stereocenters. The molecule has 0 fully saturated rings. The molecule has 0 aromatic heterocycles. The van der Waals surface area contributed by atoms with Gasteiger partial charge in [0.1, 0.15) is 0 Å². The summed E-state index contributed by atoms with van der Waals surface area (Å²) < 4.78 is 0. The van der Waals surface area contributed by atoms with Gasteiger partial charge >= 0.3 is 32.7 Å². The Kier molecular flexibility index (Phi) is 8.93. The van der Waals surface area contributed by atoms with E-state index in [2.05, 4.69) is 115 Å². The van der Waals surface area contributed by atoms with Crippen LogP contribution in [0.25, 0.3) is 21.5 Å². The maximum Gasteiger partial charge on any atom is 3.00 e. The van der Waals surface area contributed by atoms with E-state index in [1.54, 1.807) is 0 Å². The molecule has 194 valence electrons. The Bertz CT molecular complexity index is 1470. The zero-order valence-corrected chi connectivity index (χ0v) is 29.1. The molecule has 0 heterocycles. The van der Waals surface area contributed by atoms with Crippen molar-refractivity contribution in [2.75, 3.05) is 0 Å². The van der Waals surface area contributed by atoms with Crippen LogP contribution in [0.3, 0.4) is 0 Å². The predicted octanol–water partition coefficient (Wildman–Crippen LogP) is 10.6. The van der Waals surface area contributed by atoms with Gasteiger partial charge in [0.2, 0.25) is 0 Å². The second-order valence-electron chi connectivity index (χ2n) is 11.7. The maximum absolute atomic E-state index is 3.76. The molecule has 2 aliphatic carbocycles. The van der Waals surface area contributed by atoms with Gasteiger partial charge in [0.15, 0.2) is 0 Å². The standard InChI is InChI=1S/C22H25.C15H19.Y/c1-11-12(2)16(6)20-10-22-18(8)14(4)13(3)17(7)21(22)9-19(20)15(11)5;1-8-7-14-12(5)10(3)11(4)13(6)15(14)9(8)2;/h9H,1-8H3;15H,1-6H3;/q2*-1;+3. The fourth-order valence-electron chi connectivity index (χ4n) is 6.29. The van der Waals surface area contributed by atoms with Gasteiger partial charge in [-0.2, -0.15) is 22.8 Å². The van der Waals surface area contributed by atoms with Crippen LogP contribution < -0.4 is 0 Å². The van der Waals surface area contributed by atoms with Crippen LogP contribution in [-0.2, 0) is 32.7 Å². The minimum atomic E-state index is 0. The number of benzene rings is 3. The Morgan fingerprint density at radius 3 is 1.34 bits per heavy atom. The van der Waals surface area contributed by atoms with E-state index in [9.17, 15) is 0 Å². The molecule has 0 bridgehead atoms. The fourth-order valence-corrected chi connectivity index (χ4v) is 6.29. The van der Waals surface area contributed by atoms with Crippen molar-refractivity contribution in [2.45, 2.75) is 96.9 Å². The summed E-state index contributed by atoms with van der Waals surface area (Å²) in [7, 11) is 0. The molecular formula is C37H44Y+. The SMILES string of the molecule is CC1=C(C)C2C(=[C-]1)C(C)=C(C)C(C)=C2C.Cc1c(C)c(C)c2cc3c(C)c(C)c(C)c(C)c3[c-]c2c1C.[Y+3]. The Morgan fingerprint density at radius 1 is 0.474 bits per heavy atom. The van der Waals surface area contributed by atoms with Gasteiger partial charge in [-0.1, -0.05) is 102 Å². The van der Waals surface area contributed by atoms with Crippen LogP contribution in [0.15, 0.2) is 45.1 Å². The summed E-state index contributed by atoms with van der Waals surface area (Å²) in [5.41, 5.74) is 21.2. The van der Waals surface area contributed by atoms with Crippen molar-refractivity contribution in [1.82, 2.24) is 0 Å². The van der Waals surface area contributed by atoms with Gasteiger partial charge in [-0.05, 0) is 61.3 Å². The van der Waals surface area contributed by atoms with Crippen LogP contribution in [0.1, 0.15) is 86.1 Å². The minimum Gasteiger partial charge on any atom is -0.177 e. The quantitative estimate of drug-likeness (QED) is 0.184. The van der Waals surface area contributed by atoms with E-state index in [-0.39, 0.29) is 32.7 Å².